The number of hydrogen-bond acceptors (Lipinski definition) is 4. The summed E-state index contributed by atoms with van der Waals surface area (Å²) in [4.78, 5) is 39.0. The highest BCUT2D eigenvalue weighted by molar-refractivity contribution is 6.31. The van der Waals surface area contributed by atoms with E-state index in [2.05, 4.69) is 0 Å². The molecule has 0 spiro atoms. The molecule has 3 aromatic carbocycles. The molecule has 0 fully saturated rings. The van der Waals surface area contributed by atoms with Crippen molar-refractivity contribution in [1.82, 2.24) is 4.90 Å². The molecule has 7 heteroatoms. The second-order valence-electron chi connectivity index (χ2n) is 6.75. The molecular formula is C23H15Cl2NO4. The van der Waals surface area contributed by atoms with Crippen molar-refractivity contribution < 1.29 is 19.1 Å². The number of imide groups is 1. The van der Waals surface area contributed by atoms with E-state index in [1.54, 1.807) is 48.5 Å². The number of esters is 1. The maximum Gasteiger partial charge on any atom is 0.338 e. The molecule has 4 rings (SSSR count). The van der Waals surface area contributed by atoms with Crippen molar-refractivity contribution in [2.24, 2.45) is 0 Å². The van der Waals surface area contributed by atoms with Crippen LogP contribution in [0.5, 0.6) is 0 Å². The van der Waals surface area contributed by atoms with Crippen molar-refractivity contribution in [3.8, 4) is 0 Å². The number of ether oxygens (including phenoxy) is 1. The Morgan fingerprint density at radius 2 is 1.57 bits per heavy atom. The fraction of sp³-hybridized carbons (Fsp3) is 0.0870. The maximum absolute atomic E-state index is 12.8. The molecule has 0 saturated carbocycles. The largest absolute Gasteiger partial charge is 0.457 e. The molecule has 0 unspecified atom stereocenters. The van der Waals surface area contributed by atoms with Crippen molar-refractivity contribution in [2.45, 2.75) is 13.2 Å². The molecule has 150 valence electrons. The van der Waals surface area contributed by atoms with Gasteiger partial charge in [0.25, 0.3) is 11.8 Å². The van der Waals surface area contributed by atoms with E-state index in [4.69, 9.17) is 27.9 Å². The predicted molar refractivity (Wildman–Crippen MR) is 113 cm³/mol. The number of hydrogen-bond donors (Lipinski definition) is 0. The van der Waals surface area contributed by atoms with Gasteiger partial charge in [0.2, 0.25) is 0 Å². The van der Waals surface area contributed by atoms with Gasteiger partial charge in [0.05, 0.1) is 23.2 Å². The number of rotatable bonds is 5. The van der Waals surface area contributed by atoms with Crippen LogP contribution in [0.15, 0.2) is 66.7 Å². The maximum atomic E-state index is 12.8. The van der Waals surface area contributed by atoms with Crippen molar-refractivity contribution in [1.29, 1.82) is 0 Å². The Balaban J connectivity index is 1.50. The van der Waals surface area contributed by atoms with E-state index in [0.717, 1.165) is 10.5 Å². The van der Waals surface area contributed by atoms with Gasteiger partial charge in [-0.3, -0.25) is 14.5 Å². The summed E-state index contributed by atoms with van der Waals surface area (Å²) in [6.45, 7) is 0.126. The van der Waals surface area contributed by atoms with Crippen LogP contribution in [0.3, 0.4) is 0 Å². The number of carbonyl (C=O) groups is 3. The van der Waals surface area contributed by atoms with Crippen LogP contribution < -0.4 is 0 Å². The lowest BCUT2D eigenvalue weighted by Crippen LogP contribution is -2.29. The summed E-state index contributed by atoms with van der Waals surface area (Å²) in [7, 11) is 0. The Bertz CT molecular complexity index is 1160. The third-order valence-electron chi connectivity index (χ3n) is 4.78. The van der Waals surface area contributed by atoms with E-state index in [-0.39, 0.29) is 29.8 Å². The molecule has 5 nitrogen and oxygen atoms in total. The Labute approximate surface area is 182 Å². The molecular weight excluding hydrogens is 425 g/mol. The van der Waals surface area contributed by atoms with Crippen LogP contribution in [-0.4, -0.2) is 22.7 Å². The number of amides is 2. The number of benzene rings is 3. The normalized spacial score (nSPS) is 12.8. The van der Waals surface area contributed by atoms with Crippen molar-refractivity contribution in [3.63, 3.8) is 0 Å². The zero-order chi connectivity index (χ0) is 21.3. The summed E-state index contributed by atoms with van der Waals surface area (Å²) >= 11 is 12.0. The van der Waals surface area contributed by atoms with E-state index in [0.29, 0.717) is 15.6 Å². The van der Waals surface area contributed by atoms with Gasteiger partial charge in [-0.1, -0.05) is 53.5 Å². The summed E-state index contributed by atoms with van der Waals surface area (Å²) in [5, 5.41) is 1.06. The molecule has 30 heavy (non-hydrogen) atoms. The van der Waals surface area contributed by atoms with Gasteiger partial charge in [-0.05, 0) is 47.5 Å². The lowest BCUT2D eigenvalue weighted by molar-refractivity contribution is 0.0472. The van der Waals surface area contributed by atoms with Gasteiger partial charge in [-0.15, -0.1) is 0 Å². The van der Waals surface area contributed by atoms with Gasteiger partial charge in [0.1, 0.15) is 6.61 Å². The molecule has 0 radical (unpaired) electrons. The minimum Gasteiger partial charge on any atom is -0.457 e. The predicted octanol–water partition coefficient (Wildman–Crippen LogP) is 5.15. The molecule has 1 aliphatic rings. The summed E-state index contributed by atoms with van der Waals surface area (Å²) in [5.74, 6) is -1.48. The fourth-order valence-electron chi connectivity index (χ4n) is 3.17. The third-order valence-corrected chi connectivity index (χ3v) is 5.40. The highest BCUT2D eigenvalue weighted by Gasteiger charge is 2.36. The van der Waals surface area contributed by atoms with Gasteiger partial charge < -0.3 is 4.74 Å². The molecule has 0 saturated heterocycles. The van der Waals surface area contributed by atoms with Crippen LogP contribution >= 0.6 is 23.2 Å². The van der Waals surface area contributed by atoms with Crippen LogP contribution in [0.2, 0.25) is 10.0 Å². The van der Waals surface area contributed by atoms with E-state index in [1.807, 2.05) is 0 Å². The number of nitrogens with zero attached hydrogens (tertiary/aromatic N) is 1. The van der Waals surface area contributed by atoms with Crippen molar-refractivity contribution >= 4 is 41.0 Å². The molecule has 1 heterocycles. The Hall–Kier alpha value is -3.15. The SMILES string of the molecule is O=C(OCc1ccc(Cl)cc1)c1ccc2c(c1)C(=O)N(Cc1ccccc1Cl)C2=O. The summed E-state index contributed by atoms with van der Waals surface area (Å²) < 4.78 is 5.30. The van der Waals surface area contributed by atoms with Crippen molar-refractivity contribution in [2.75, 3.05) is 0 Å². The minimum absolute atomic E-state index is 0.0579. The molecule has 2 amide bonds. The lowest BCUT2D eigenvalue weighted by Gasteiger charge is -2.14. The lowest BCUT2D eigenvalue weighted by atomic mass is 10.1. The summed E-state index contributed by atoms with van der Waals surface area (Å²) in [6, 6.07) is 18.3. The van der Waals surface area contributed by atoms with E-state index < -0.39 is 17.8 Å². The smallest absolute Gasteiger partial charge is 0.338 e. The highest BCUT2D eigenvalue weighted by atomic mass is 35.5. The summed E-state index contributed by atoms with van der Waals surface area (Å²) in [6.07, 6.45) is 0. The Morgan fingerprint density at radius 1 is 0.867 bits per heavy atom. The van der Waals surface area contributed by atoms with Crippen LogP contribution in [0.1, 0.15) is 42.2 Å². The number of carbonyl (C=O) groups excluding carboxylic acids is 3. The number of halogens is 2. The van der Waals surface area contributed by atoms with Gasteiger partial charge in [-0.25, -0.2) is 4.79 Å². The van der Waals surface area contributed by atoms with Gasteiger partial charge in [-0.2, -0.15) is 0 Å². The van der Waals surface area contributed by atoms with Crippen LogP contribution in [0, 0.1) is 0 Å². The van der Waals surface area contributed by atoms with Crippen LogP contribution in [-0.2, 0) is 17.9 Å². The standard InChI is InChI=1S/C23H15Cl2NO4/c24-17-8-5-14(6-9-17)13-30-23(29)15-7-10-18-19(11-15)22(28)26(21(18)27)12-16-3-1-2-4-20(16)25/h1-11H,12-13H2. The summed E-state index contributed by atoms with van der Waals surface area (Å²) in [5.41, 5.74) is 2.07. The molecule has 0 aliphatic carbocycles. The first-order chi connectivity index (χ1) is 14.4. The van der Waals surface area contributed by atoms with Gasteiger partial charge in [0, 0.05) is 10.0 Å². The number of fused-ring (bicyclic) bond motifs is 1. The second kappa shape index (κ2) is 8.30. The van der Waals surface area contributed by atoms with Crippen LogP contribution in [0.25, 0.3) is 0 Å². The average molecular weight is 440 g/mol. The first kappa shape index (κ1) is 20.1. The fourth-order valence-corrected chi connectivity index (χ4v) is 3.49. The quantitative estimate of drug-likeness (QED) is 0.407. The molecule has 1 aliphatic heterocycles. The molecule has 0 N–H and O–H groups in total. The Morgan fingerprint density at radius 3 is 2.30 bits per heavy atom. The van der Waals surface area contributed by atoms with Gasteiger partial charge >= 0.3 is 5.97 Å². The second-order valence-corrected chi connectivity index (χ2v) is 7.59. The Kier molecular flexibility index (Phi) is 5.57. The zero-order valence-corrected chi connectivity index (χ0v) is 17.1. The highest BCUT2D eigenvalue weighted by Crippen LogP contribution is 2.27. The average Bonchev–Trinajstić information content (AvgIpc) is 2.99. The molecule has 0 aromatic heterocycles. The van der Waals surface area contributed by atoms with E-state index in [9.17, 15) is 14.4 Å². The van der Waals surface area contributed by atoms with Gasteiger partial charge in [0.15, 0.2) is 0 Å². The first-order valence-corrected chi connectivity index (χ1v) is 9.85. The van der Waals surface area contributed by atoms with E-state index >= 15 is 0 Å². The van der Waals surface area contributed by atoms with E-state index in [1.165, 1.54) is 18.2 Å². The topological polar surface area (TPSA) is 63.7 Å². The third kappa shape index (κ3) is 3.95. The molecule has 0 atom stereocenters. The zero-order valence-electron chi connectivity index (χ0n) is 15.6. The minimum atomic E-state index is -0.586. The molecule has 3 aromatic rings. The van der Waals surface area contributed by atoms with Crippen molar-refractivity contribution in [3.05, 3.63) is 105 Å². The monoisotopic (exact) mass is 439 g/mol. The molecule has 0 bridgehead atoms. The van der Waals surface area contributed by atoms with Crippen LogP contribution in [0.4, 0.5) is 0 Å². The first-order valence-electron chi connectivity index (χ1n) is 9.09.